The van der Waals surface area contributed by atoms with Gasteiger partial charge in [-0.1, -0.05) is 6.07 Å². The number of anilines is 1. The molecule has 1 N–H and O–H groups in total. The second-order valence-electron chi connectivity index (χ2n) is 6.40. The molecule has 142 valence electrons. The van der Waals surface area contributed by atoms with Crippen LogP contribution in [0.2, 0.25) is 0 Å². The van der Waals surface area contributed by atoms with Gasteiger partial charge in [0.25, 0.3) is 5.91 Å². The molecular formula is C19H28N4O3. The highest BCUT2D eigenvalue weighted by Gasteiger charge is 2.24. The van der Waals surface area contributed by atoms with Crippen molar-refractivity contribution in [3.05, 3.63) is 29.8 Å². The SMILES string of the molecule is CCN(CC)C(=O)CN1CCN(C(=O)c2cccc(NC(C)=O)c2)CC1. The molecule has 1 heterocycles. The number of nitrogens with zero attached hydrogens (tertiary/aromatic N) is 3. The molecule has 0 atom stereocenters. The molecule has 1 aliphatic rings. The van der Waals surface area contributed by atoms with Crippen molar-refractivity contribution in [1.29, 1.82) is 0 Å². The van der Waals surface area contributed by atoms with E-state index in [0.717, 1.165) is 13.1 Å². The Balaban J connectivity index is 1.90. The van der Waals surface area contributed by atoms with Crippen molar-refractivity contribution < 1.29 is 14.4 Å². The van der Waals surface area contributed by atoms with E-state index < -0.39 is 0 Å². The Morgan fingerprint density at radius 1 is 1.08 bits per heavy atom. The maximum Gasteiger partial charge on any atom is 0.254 e. The van der Waals surface area contributed by atoms with Crippen LogP contribution in [0.3, 0.4) is 0 Å². The number of likely N-dealkylation sites (N-methyl/N-ethyl adjacent to an activating group) is 1. The van der Waals surface area contributed by atoms with Gasteiger partial charge in [0.2, 0.25) is 11.8 Å². The second kappa shape index (κ2) is 9.33. The van der Waals surface area contributed by atoms with Crippen LogP contribution in [0.5, 0.6) is 0 Å². The number of carbonyl (C=O) groups is 3. The number of rotatable bonds is 6. The average Bonchev–Trinajstić information content (AvgIpc) is 2.62. The Bertz CT molecular complexity index is 650. The summed E-state index contributed by atoms with van der Waals surface area (Å²) >= 11 is 0. The van der Waals surface area contributed by atoms with Crippen molar-refractivity contribution in [2.75, 3.05) is 51.1 Å². The van der Waals surface area contributed by atoms with E-state index in [0.29, 0.717) is 44.0 Å². The molecular weight excluding hydrogens is 332 g/mol. The Kier molecular flexibility index (Phi) is 7.15. The van der Waals surface area contributed by atoms with Crippen LogP contribution in [-0.2, 0) is 9.59 Å². The fourth-order valence-electron chi connectivity index (χ4n) is 3.09. The van der Waals surface area contributed by atoms with Crippen molar-refractivity contribution >= 4 is 23.4 Å². The summed E-state index contributed by atoms with van der Waals surface area (Å²) in [4.78, 5) is 41.8. The number of benzene rings is 1. The molecule has 1 aromatic carbocycles. The van der Waals surface area contributed by atoms with Gasteiger partial charge in [0.1, 0.15) is 0 Å². The fourth-order valence-corrected chi connectivity index (χ4v) is 3.09. The summed E-state index contributed by atoms with van der Waals surface area (Å²) in [6.07, 6.45) is 0. The molecule has 0 bridgehead atoms. The average molecular weight is 360 g/mol. The molecule has 26 heavy (non-hydrogen) atoms. The Morgan fingerprint density at radius 3 is 2.31 bits per heavy atom. The lowest BCUT2D eigenvalue weighted by molar-refractivity contribution is -0.132. The summed E-state index contributed by atoms with van der Waals surface area (Å²) in [6, 6.07) is 6.97. The molecule has 0 aliphatic carbocycles. The standard InChI is InChI=1S/C19H28N4O3/c1-4-22(5-2)18(25)14-21-9-11-23(12-10-21)19(26)16-7-6-8-17(13-16)20-15(3)24/h6-8,13H,4-5,9-12,14H2,1-3H3,(H,20,24). The zero-order valence-electron chi connectivity index (χ0n) is 15.8. The minimum Gasteiger partial charge on any atom is -0.342 e. The number of amides is 3. The minimum atomic E-state index is -0.166. The first-order valence-corrected chi connectivity index (χ1v) is 9.11. The highest BCUT2D eigenvalue weighted by atomic mass is 16.2. The molecule has 0 saturated carbocycles. The monoisotopic (exact) mass is 360 g/mol. The van der Waals surface area contributed by atoms with Crippen molar-refractivity contribution in [2.45, 2.75) is 20.8 Å². The van der Waals surface area contributed by atoms with Gasteiger partial charge in [-0.15, -0.1) is 0 Å². The fraction of sp³-hybridized carbons (Fsp3) is 0.526. The van der Waals surface area contributed by atoms with E-state index in [4.69, 9.17) is 0 Å². The maximum absolute atomic E-state index is 12.7. The largest absolute Gasteiger partial charge is 0.342 e. The predicted molar refractivity (Wildman–Crippen MR) is 101 cm³/mol. The molecule has 7 heteroatoms. The van der Waals surface area contributed by atoms with E-state index in [9.17, 15) is 14.4 Å². The van der Waals surface area contributed by atoms with Gasteiger partial charge in [0.05, 0.1) is 6.54 Å². The van der Waals surface area contributed by atoms with Crippen LogP contribution in [0, 0.1) is 0 Å². The Hall–Kier alpha value is -2.41. The first kappa shape index (κ1) is 19.9. The van der Waals surface area contributed by atoms with E-state index in [-0.39, 0.29) is 17.7 Å². The molecule has 1 fully saturated rings. The van der Waals surface area contributed by atoms with Gasteiger partial charge in [-0.3, -0.25) is 19.3 Å². The lowest BCUT2D eigenvalue weighted by atomic mass is 10.1. The van der Waals surface area contributed by atoms with Gasteiger partial charge < -0.3 is 15.1 Å². The molecule has 7 nitrogen and oxygen atoms in total. The van der Waals surface area contributed by atoms with Crippen LogP contribution in [0.1, 0.15) is 31.1 Å². The van der Waals surface area contributed by atoms with Gasteiger partial charge in [-0.2, -0.15) is 0 Å². The summed E-state index contributed by atoms with van der Waals surface area (Å²) in [6.45, 7) is 9.80. The van der Waals surface area contributed by atoms with E-state index in [1.807, 2.05) is 18.7 Å². The van der Waals surface area contributed by atoms with Crippen LogP contribution in [0.4, 0.5) is 5.69 Å². The Morgan fingerprint density at radius 2 is 1.73 bits per heavy atom. The quantitative estimate of drug-likeness (QED) is 0.829. The van der Waals surface area contributed by atoms with Gasteiger partial charge in [-0.25, -0.2) is 0 Å². The lowest BCUT2D eigenvalue weighted by Gasteiger charge is -2.35. The summed E-state index contributed by atoms with van der Waals surface area (Å²) in [7, 11) is 0. The molecule has 0 radical (unpaired) electrons. The van der Waals surface area contributed by atoms with Crippen molar-refractivity contribution in [3.8, 4) is 0 Å². The molecule has 0 unspecified atom stereocenters. The summed E-state index contributed by atoms with van der Waals surface area (Å²) in [5.74, 6) is -0.0780. The van der Waals surface area contributed by atoms with E-state index in [1.165, 1.54) is 6.92 Å². The topological polar surface area (TPSA) is 73.0 Å². The lowest BCUT2D eigenvalue weighted by Crippen LogP contribution is -2.51. The molecule has 3 amide bonds. The van der Waals surface area contributed by atoms with Crippen LogP contribution in [-0.4, -0.2) is 78.2 Å². The van der Waals surface area contributed by atoms with Gasteiger partial charge in [0, 0.05) is 57.4 Å². The predicted octanol–water partition coefficient (Wildman–Crippen LogP) is 1.27. The van der Waals surface area contributed by atoms with Crippen molar-refractivity contribution in [1.82, 2.24) is 14.7 Å². The molecule has 1 aromatic rings. The number of carbonyl (C=O) groups excluding carboxylic acids is 3. The first-order chi connectivity index (χ1) is 12.4. The third-order valence-corrected chi connectivity index (χ3v) is 4.56. The normalized spacial score (nSPS) is 14.8. The number of nitrogens with one attached hydrogen (secondary N) is 1. The van der Waals surface area contributed by atoms with E-state index in [1.54, 1.807) is 29.2 Å². The smallest absolute Gasteiger partial charge is 0.254 e. The third-order valence-electron chi connectivity index (χ3n) is 4.56. The second-order valence-corrected chi connectivity index (χ2v) is 6.40. The zero-order chi connectivity index (χ0) is 19.1. The van der Waals surface area contributed by atoms with Gasteiger partial charge >= 0.3 is 0 Å². The van der Waals surface area contributed by atoms with Gasteiger partial charge in [-0.05, 0) is 32.0 Å². The summed E-state index contributed by atoms with van der Waals surface area (Å²) in [5.41, 5.74) is 1.18. The molecule has 0 aromatic heterocycles. The number of piperazine rings is 1. The maximum atomic E-state index is 12.7. The number of hydrogen-bond donors (Lipinski definition) is 1. The summed E-state index contributed by atoms with van der Waals surface area (Å²) < 4.78 is 0. The van der Waals surface area contributed by atoms with Crippen molar-refractivity contribution in [2.24, 2.45) is 0 Å². The van der Waals surface area contributed by atoms with Crippen LogP contribution >= 0.6 is 0 Å². The minimum absolute atomic E-state index is 0.0491. The van der Waals surface area contributed by atoms with Crippen LogP contribution in [0.15, 0.2) is 24.3 Å². The van der Waals surface area contributed by atoms with E-state index in [2.05, 4.69) is 10.2 Å². The molecule has 1 saturated heterocycles. The summed E-state index contributed by atoms with van der Waals surface area (Å²) in [5, 5.41) is 2.69. The first-order valence-electron chi connectivity index (χ1n) is 9.11. The van der Waals surface area contributed by atoms with E-state index >= 15 is 0 Å². The highest BCUT2D eigenvalue weighted by Crippen LogP contribution is 2.14. The Labute approximate surface area is 154 Å². The zero-order valence-corrected chi connectivity index (χ0v) is 15.8. The van der Waals surface area contributed by atoms with Crippen LogP contribution < -0.4 is 5.32 Å². The van der Waals surface area contributed by atoms with Crippen molar-refractivity contribution in [3.63, 3.8) is 0 Å². The highest BCUT2D eigenvalue weighted by molar-refractivity contribution is 5.96. The molecule has 2 rings (SSSR count). The molecule has 1 aliphatic heterocycles. The van der Waals surface area contributed by atoms with Crippen LogP contribution in [0.25, 0.3) is 0 Å². The van der Waals surface area contributed by atoms with Gasteiger partial charge in [0.15, 0.2) is 0 Å². The third kappa shape index (κ3) is 5.29. The number of hydrogen-bond acceptors (Lipinski definition) is 4. The molecule has 0 spiro atoms.